The molecule has 26 heavy (non-hydrogen) atoms. The molecule has 1 saturated heterocycles. The molecule has 1 aromatic carbocycles. The van der Waals surface area contributed by atoms with Crippen LogP contribution in [0.25, 0.3) is 0 Å². The van der Waals surface area contributed by atoms with E-state index < -0.39 is 15.9 Å². The molecule has 1 aromatic rings. The van der Waals surface area contributed by atoms with Crippen LogP contribution >= 0.6 is 0 Å². The van der Waals surface area contributed by atoms with Gasteiger partial charge >= 0.3 is 0 Å². The fourth-order valence-corrected chi connectivity index (χ4v) is 3.85. The van der Waals surface area contributed by atoms with Crippen LogP contribution < -0.4 is 11.1 Å². The van der Waals surface area contributed by atoms with Crippen LogP contribution in [-0.2, 0) is 14.6 Å². The minimum Gasteiger partial charge on any atom is -0.349 e. The van der Waals surface area contributed by atoms with Gasteiger partial charge in [-0.25, -0.2) is 8.42 Å². The third-order valence-corrected chi connectivity index (χ3v) is 5.94. The fraction of sp³-hybridized carbons (Fsp3) is 0.556. The standard InChI is InChI=1S/C18H27N3O4S/c1-12(19)18(23)21-9-7-14(8-10-21)13(2)20-17(22)15-5-4-6-16(11-15)26(3,24)25/h4-6,11-14H,7-10,19H2,1-3H3,(H,20,22). The van der Waals surface area contributed by atoms with Crippen LogP contribution in [0.5, 0.6) is 0 Å². The third-order valence-electron chi connectivity index (χ3n) is 4.83. The zero-order valence-corrected chi connectivity index (χ0v) is 16.3. The molecule has 1 aliphatic heterocycles. The summed E-state index contributed by atoms with van der Waals surface area (Å²) in [5.74, 6) is -0.0796. The van der Waals surface area contributed by atoms with E-state index in [4.69, 9.17) is 5.73 Å². The van der Waals surface area contributed by atoms with Gasteiger partial charge in [0.05, 0.1) is 10.9 Å². The van der Waals surface area contributed by atoms with Crippen molar-refractivity contribution in [2.45, 2.75) is 43.7 Å². The Morgan fingerprint density at radius 1 is 1.23 bits per heavy atom. The number of hydrogen-bond donors (Lipinski definition) is 2. The quantitative estimate of drug-likeness (QED) is 0.784. The number of nitrogens with zero attached hydrogens (tertiary/aromatic N) is 1. The number of carbonyl (C=O) groups is 2. The molecule has 0 spiro atoms. The van der Waals surface area contributed by atoms with E-state index in [1.165, 1.54) is 12.1 Å². The molecule has 144 valence electrons. The largest absolute Gasteiger partial charge is 0.349 e. The first-order valence-corrected chi connectivity index (χ1v) is 10.6. The van der Waals surface area contributed by atoms with Crippen LogP contribution in [0.15, 0.2) is 29.2 Å². The van der Waals surface area contributed by atoms with E-state index >= 15 is 0 Å². The number of nitrogens with two attached hydrogens (primary N) is 1. The van der Waals surface area contributed by atoms with E-state index in [0.29, 0.717) is 18.7 Å². The summed E-state index contributed by atoms with van der Waals surface area (Å²) in [4.78, 5) is 26.3. The van der Waals surface area contributed by atoms with Crippen molar-refractivity contribution in [2.75, 3.05) is 19.3 Å². The summed E-state index contributed by atoms with van der Waals surface area (Å²) in [6.07, 6.45) is 2.70. The third kappa shape index (κ3) is 5.04. The summed E-state index contributed by atoms with van der Waals surface area (Å²) >= 11 is 0. The van der Waals surface area contributed by atoms with Gasteiger partial charge in [0.25, 0.3) is 5.91 Å². The second-order valence-electron chi connectivity index (χ2n) is 7.01. The maximum atomic E-state index is 12.5. The van der Waals surface area contributed by atoms with Crippen molar-refractivity contribution in [1.82, 2.24) is 10.2 Å². The molecule has 0 aromatic heterocycles. The molecule has 0 aliphatic carbocycles. The van der Waals surface area contributed by atoms with Gasteiger partial charge in [0.1, 0.15) is 0 Å². The molecule has 2 atom stereocenters. The van der Waals surface area contributed by atoms with E-state index in [1.807, 2.05) is 6.92 Å². The molecular weight excluding hydrogens is 354 g/mol. The zero-order chi connectivity index (χ0) is 19.5. The minimum atomic E-state index is -3.36. The number of benzene rings is 1. The summed E-state index contributed by atoms with van der Waals surface area (Å²) in [5, 5.41) is 2.95. The second kappa shape index (κ2) is 8.18. The normalized spacial score (nSPS) is 18.2. The van der Waals surface area contributed by atoms with Crippen molar-refractivity contribution in [2.24, 2.45) is 11.7 Å². The summed E-state index contributed by atoms with van der Waals surface area (Å²) < 4.78 is 23.3. The van der Waals surface area contributed by atoms with Crippen molar-refractivity contribution < 1.29 is 18.0 Å². The maximum absolute atomic E-state index is 12.5. The Morgan fingerprint density at radius 3 is 2.38 bits per heavy atom. The Kier molecular flexibility index (Phi) is 6.41. The fourth-order valence-electron chi connectivity index (χ4n) is 3.18. The average Bonchev–Trinajstić information content (AvgIpc) is 2.60. The molecular formula is C18H27N3O4S. The lowest BCUT2D eigenvalue weighted by Crippen LogP contribution is -2.49. The average molecular weight is 381 g/mol. The van der Waals surface area contributed by atoms with Crippen LogP contribution in [0.2, 0.25) is 0 Å². The Morgan fingerprint density at radius 2 is 1.85 bits per heavy atom. The molecule has 2 rings (SSSR count). The zero-order valence-electron chi connectivity index (χ0n) is 15.4. The van der Waals surface area contributed by atoms with Gasteiger partial charge in [0, 0.05) is 31.0 Å². The summed E-state index contributed by atoms with van der Waals surface area (Å²) in [6.45, 7) is 4.89. The SMILES string of the molecule is CC(N)C(=O)N1CCC(C(C)NC(=O)c2cccc(S(C)(=O)=O)c2)CC1. The molecule has 0 saturated carbocycles. The van der Waals surface area contributed by atoms with Crippen molar-refractivity contribution >= 4 is 21.7 Å². The van der Waals surface area contributed by atoms with Crippen LogP contribution in [0.4, 0.5) is 0 Å². The van der Waals surface area contributed by atoms with Gasteiger partial charge in [-0.1, -0.05) is 6.07 Å². The molecule has 1 heterocycles. The first-order chi connectivity index (χ1) is 12.1. The van der Waals surface area contributed by atoms with Crippen molar-refractivity contribution in [3.63, 3.8) is 0 Å². The number of nitrogens with one attached hydrogen (secondary N) is 1. The Labute approximate surface area is 154 Å². The van der Waals surface area contributed by atoms with Gasteiger partial charge in [0.15, 0.2) is 9.84 Å². The Hall–Kier alpha value is -1.93. The number of likely N-dealkylation sites (tertiary alicyclic amines) is 1. The van der Waals surface area contributed by atoms with Crippen molar-refractivity contribution in [3.8, 4) is 0 Å². The number of hydrogen-bond acceptors (Lipinski definition) is 5. The van der Waals surface area contributed by atoms with Gasteiger partial charge in [-0.2, -0.15) is 0 Å². The first-order valence-electron chi connectivity index (χ1n) is 8.75. The van der Waals surface area contributed by atoms with Crippen molar-refractivity contribution in [3.05, 3.63) is 29.8 Å². The molecule has 0 radical (unpaired) electrons. The maximum Gasteiger partial charge on any atom is 0.251 e. The van der Waals surface area contributed by atoms with Gasteiger partial charge in [0.2, 0.25) is 5.91 Å². The molecule has 2 unspecified atom stereocenters. The van der Waals surface area contributed by atoms with Crippen LogP contribution in [0.3, 0.4) is 0 Å². The van der Waals surface area contributed by atoms with Gasteiger partial charge in [-0.05, 0) is 50.8 Å². The number of amides is 2. The van der Waals surface area contributed by atoms with E-state index in [-0.39, 0.29) is 28.7 Å². The molecule has 2 amide bonds. The predicted octanol–water partition coefficient (Wildman–Crippen LogP) is 0.794. The summed E-state index contributed by atoms with van der Waals surface area (Å²) in [5.41, 5.74) is 5.97. The molecule has 1 aliphatic rings. The van der Waals surface area contributed by atoms with Crippen molar-refractivity contribution in [1.29, 1.82) is 0 Å². The summed E-state index contributed by atoms with van der Waals surface area (Å²) in [6, 6.07) is 5.46. The minimum absolute atomic E-state index is 0.0438. The van der Waals surface area contributed by atoms with E-state index in [0.717, 1.165) is 19.1 Å². The van der Waals surface area contributed by atoms with Crippen LogP contribution in [-0.4, -0.2) is 56.6 Å². The van der Waals surface area contributed by atoms with Gasteiger partial charge < -0.3 is 16.0 Å². The van der Waals surface area contributed by atoms with E-state index in [2.05, 4.69) is 5.32 Å². The highest BCUT2D eigenvalue weighted by Crippen LogP contribution is 2.21. The Balaban J connectivity index is 1.95. The lowest BCUT2D eigenvalue weighted by Gasteiger charge is -2.35. The lowest BCUT2D eigenvalue weighted by atomic mass is 9.90. The number of sulfone groups is 1. The molecule has 7 nitrogen and oxygen atoms in total. The van der Waals surface area contributed by atoms with E-state index in [9.17, 15) is 18.0 Å². The highest BCUT2D eigenvalue weighted by molar-refractivity contribution is 7.90. The van der Waals surface area contributed by atoms with Gasteiger partial charge in [-0.3, -0.25) is 9.59 Å². The number of carbonyl (C=O) groups excluding carboxylic acids is 2. The van der Waals surface area contributed by atoms with Gasteiger partial charge in [-0.15, -0.1) is 0 Å². The first kappa shape index (κ1) is 20.4. The van der Waals surface area contributed by atoms with Crippen LogP contribution in [0, 0.1) is 5.92 Å². The lowest BCUT2D eigenvalue weighted by molar-refractivity contribution is -0.133. The summed E-state index contributed by atoms with van der Waals surface area (Å²) in [7, 11) is -3.36. The van der Waals surface area contributed by atoms with Crippen LogP contribution in [0.1, 0.15) is 37.0 Å². The predicted molar refractivity (Wildman–Crippen MR) is 99.4 cm³/mol. The molecule has 1 fully saturated rings. The van der Waals surface area contributed by atoms with E-state index in [1.54, 1.807) is 24.0 Å². The number of rotatable bonds is 5. The smallest absolute Gasteiger partial charge is 0.251 e. The molecule has 0 bridgehead atoms. The highest BCUT2D eigenvalue weighted by atomic mass is 32.2. The highest BCUT2D eigenvalue weighted by Gasteiger charge is 2.28. The molecule has 8 heteroatoms. The second-order valence-corrected chi connectivity index (χ2v) is 9.03. The monoisotopic (exact) mass is 381 g/mol. The molecule has 3 N–H and O–H groups in total. The topological polar surface area (TPSA) is 110 Å². The number of piperidine rings is 1. The Bertz CT molecular complexity index is 768.